The maximum atomic E-state index is 12.4. The van der Waals surface area contributed by atoms with E-state index in [0.717, 1.165) is 30.3 Å². The topological polar surface area (TPSA) is 66.2 Å². The summed E-state index contributed by atoms with van der Waals surface area (Å²) in [4.78, 5) is 16.9. The average molecular weight is 329 g/mol. The number of esters is 1. The van der Waals surface area contributed by atoms with Crippen molar-refractivity contribution >= 4 is 17.0 Å². The molecule has 6 heteroatoms. The highest BCUT2D eigenvalue weighted by Crippen LogP contribution is 2.40. The Hall–Kier alpha value is -1.95. The molecule has 0 aliphatic heterocycles. The van der Waals surface area contributed by atoms with Crippen molar-refractivity contribution in [3.8, 4) is 0 Å². The zero-order valence-corrected chi connectivity index (χ0v) is 14.1. The van der Waals surface area contributed by atoms with Crippen LogP contribution < -0.4 is 0 Å². The molecular formula is C18H23N3O3. The molecule has 2 fully saturated rings. The Labute approximate surface area is 141 Å². The van der Waals surface area contributed by atoms with Gasteiger partial charge in [0.1, 0.15) is 6.10 Å². The van der Waals surface area contributed by atoms with Crippen LogP contribution in [0.15, 0.2) is 18.5 Å². The SMILES string of the molecule is CO[C@@H]1CCC[C@@H]1OC(=O)c1cnc2c(cnn2[C@H](C)C2CC2)c1. The molecule has 6 nitrogen and oxygen atoms in total. The molecule has 3 atom stereocenters. The van der Waals surface area contributed by atoms with E-state index in [1.165, 1.54) is 12.8 Å². The number of carbonyl (C=O) groups is 1. The summed E-state index contributed by atoms with van der Waals surface area (Å²) in [6, 6.07) is 2.18. The average Bonchev–Trinajstić information content (AvgIpc) is 3.21. The number of ether oxygens (including phenoxy) is 2. The number of hydrogen-bond donors (Lipinski definition) is 0. The lowest BCUT2D eigenvalue weighted by Crippen LogP contribution is -2.27. The van der Waals surface area contributed by atoms with E-state index in [1.54, 1.807) is 19.5 Å². The van der Waals surface area contributed by atoms with Crippen LogP contribution in [0.4, 0.5) is 0 Å². The second-order valence-electron chi connectivity index (χ2n) is 6.95. The molecule has 0 unspecified atom stereocenters. The highest BCUT2D eigenvalue weighted by atomic mass is 16.6. The highest BCUT2D eigenvalue weighted by Gasteiger charge is 2.32. The Bertz CT molecular complexity index is 753. The van der Waals surface area contributed by atoms with E-state index in [-0.39, 0.29) is 18.2 Å². The Morgan fingerprint density at radius 2 is 2.04 bits per heavy atom. The van der Waals surface area contributed by atoms with E-state index in [1.807, 2.05) is 10.7 Å². The number of nitrogens with zero attached hydrogens (tertiary/aromatic N) is 3. The molecule has 0 spiro atoms. The number of methoxy groups -OCH3 is 1. The fourth-order valence-electron chi connectivity index (χ4n) is 3.63. The van der Waals surface area contributed by atoms with Crippen LogP contribution in [-0.4, -0.2) is 40.1 Å². The van der Waals surface area contributed by atoms with Crippen molar-refractivity contribution in [2.24, 2.45) is 5.92 Å². The number of rotatable bonds is 5. The van der Waals surface area contributed by atoms with Gasteiger partial charge in [0.05, 0.1) is 23.9 Å². The van der Waals surface area contributed by atoms with E-state index in [9.17, 15) is 4.79 Å². The third-order valence-corrected chi connectivity index (χ3v) is 5.31. The summed E-state index contributed by atoms with van der Waals surface area (Å²) in [6.07, 6.45) is 8.58. The molecular weight excluding hydrogens is 306 g/mol. The zero-order valence-electron chi connectivity index (χ0n) is 14.1. The van der Waals surface area contributed by atoms with Gasteiger partial charge in [0.25, 0.3) is 0 Å². The molecule has 2 aromatic heterocycles. The van der Waals surface area contributed by atoms with Gasteiger partial charge >= 0.3 is 5.97 Å². The summed E-state index contributed by atoms with van der Waals surface area (Å²) in [5.74, 6) is 0.370. The smallest absolute Gasteiger partial charge is 0.340 e. The number of fused-ring (bicyclic) bond motifs is 1. The first-order valence-electron chi connectivity index (χ1n) is 8.74. The third kappa shape index (κ3) is 2.79. The Kier molecular flexibility index (Phi) is 4.00. The van der Waals surface area contributed by atoms with Crippen molar-refractivity contribution in [2.75, 3.05) is 7.11 Å². The van der Waals surface area contributed by atoms with Gasteiger partial charge in [-0.2, -0.15) is 5.10 Å². The Morgan fingerprint density at radius 1 is 1.25 bits per heavy atom. The standard InChI is InChI=1S/C18H23N3O3/c1-11(12-6-7-12)21-17-13(10-20-21)8-14(9-19-17)18(22)24-16-5-3-4-15(16)23-2/h8-12,15-16H,3-7H2,1-2H3/t11-,15-,16+/m1/s1. The fraction of sp³-hybridized carbons (Fsp3) is 0.611. The Morgan fingerprint density at radius 3 is 2.79 bits per heavy atom. The molecule has 2 aliphatic carbocycles. The molecule has 24 heavy (non-hydrogen) atoms. The van der Waals surface area contributed by atoms with Crippen molar-refractivity contribution in [3.63, 3.8) is 0 Å². The van der Waals surface area contributed by atoms with Crippen LogP contribution >= 0.6 is 0 Å². The summed E-state index contributed by atoms with van der Waals surface area (Å²) >= 11 is 0. The van der Waals surface area contributed by atoms with Crippen LogP contribution in [0.1, 0.15) is 55.4 Å². The number of carbonyl (C=O) groups excluding carboxylic acids is 1. The first-order valence-corrected chi connectivity index (χ1v) is 8.74. The van der Waals surface area contributed by atoms with Gasteiger partial charge < -0.3 is 9.47 Å². The number of aromatic nitrogens is 3. The van der Waals surface area contributed by atoms with E-state index >= 15 is 0 Å². The van der Waals surface area contributed by atoms with E-state index < -0.39 is 0 Å². The van der Waals surface area contributed by atoms with Gasteiger partial charge in [0, 0.05) is 18.7 Å². The van der Waals surface area contributed by atoms with Crippen LogP contribution in [-0.2, 0) is 9.47 Å². The summed E-state index contributed by atoms with van der Waals surface area (Å²) in [6.45, 7) is 2.18. The van der Waals surface area contributed by atoms with Gasteiger partial charge in [0.15, 0.2) is 5.65 Å². The third-order valence-electron chi connectivity index (χ3n) is 5.31. The molecule has 0 saturated heterocycles. The molecule has 0 N–H and O–H groups in total. The summed E-state index contributed by atoms with van der Waals surface area (Å²) in [5.41, 5.74) is 1.31. The Balaban J connectivity index is 1.53. The first kappa shape index (κ1) is 15.6. The molecule has 128 valence electrons. The first-order chi connectivity index (χ1) is 11.7. The van der Waals surface area contributed by atoms with Gasteiger partial charge in [-0.25, -0.2) is 14.5 Å². The molecule has 4 rings (SSSR count). The minimum Gasteiger partial charge on any atom is -0.456 e. The second-order valence-corrected chi connectivity index (χ2v) is 6.95. The van der Waals surface area contributed by atoms with Gasteiger partial charge in [-0.3, -0.25) is 0 Å². The minimum absolute atomic E-state index is 0.00721. The van der Waals surface area contributed by atoms with Gasteiger partial charge in [-0.1, -0.05) is 0 Å². The maximum Gasteiger partial charge on any atom is 0.340 e. The van der Waals surface area contributed by atoms with Crippen molar-refractivity contribution in [1.29, 1.82) is 0 Å². The number of pyridine rings is 1. The van der Waals surface area contributed by atoms with Gasteiger partial charge in [0.2, 0.25) is 0 Å². The largest absolute Gasteiger partial charge is 0.456 e. The molecule has 0 bridgehead atoms. The minimum atomic E-state index is -0.332. The predicted octanol–water partition coefficient (Wildman–Crippen LogP) is 3.13. The van der Waals surface area contributed by atoms with Crippen molar-refractivity contribution in [1.82, 2.24) is 14.8 Å². The normalized spacial score (nSPS) is 25.1. The lowest BCUT2D eigenvalue weighted by atomic mass is 10.2. The van der Waals surface area contributed by atoms with Crippen molar-refractivity contribution in [3.05, 3.63) is 24.0 Å². The monoisotopic (exact) mass is 329 g/mol. The molecule has 2 aromatic rings. The van der Waals surface area contributed by atoms with Crippen LogP contribution in [0, 0.1) is 5.92 Å². The lowest BCUT2D eigenvalue weighted by Gasteiger charge is -2.18. The van der Waals surface area contributed by atoms with Crippen molar-refractivity contribution in [2.45, 2.75) is 57.3 Å². The fourth-order valence-corrected chi connectivity index (χ4v) is 3.63. The summed E-state index contributed by atoms with van der Waals surface area (Å²) in [5, 5.41) is 5.35. The number of hydrogen-bond acceptors (Lipinski definition) is 5. The molecule has 0 aromatic carbocycles. The van der Waals surface area contributed by atoms with Crippen LogP contribution in [0.3, 0.4) is 0 Å². The van der Waals surface area contributed by atoms with E-state index in [2.05, 4.69) is 17.0 Å². The van der Waals surface area contributed by atoms with Crippen LogP contribution in [0.25, 0.3) is 11.0 Å². The summed E-state index contributed by atoms with van der Waals surface area (Å²) < 4.78 is 13.0. The van der Waals surface area contributed by atoms with E-state index in [0.29, 0.717) is 17.5 Å². The highest BCUT2D eigenvalue weighted by molar-refractivity contribution is 5.93. The van der Waals surface area contributed by atoms with E-state index in [4.69, 9.17) is 9.47 Å². The molecule has 0 radical (unpaired) electrons. The quantitative estimate of drug-likeness (QED) is 0.789. The van der Waals surface area contributed by atoms with Gasteiger partial charge in [-0.15, -0.1) is 0 Å². The predicted molar refractivity (Wildman–Crippen MR) is 88.8 cm³/mol. The molecule has 2 heterocycles. The zero-order chi connectivity index (χ0) is 16.7. The maximum absolute atomic E-state index is 12.4. The lowest BCUT2D eigenvalue weighted by molar-refractivity contribution is -0.0206. The van der Waals surface area contributed by atoms with Crippen molar-refractivity contribution < 1.29 is 14.3 Å². The molecule has 2 aliphatic rings. The molecule has 2 saturated carbocycles. The van der Waals surface area contributed by atoms with Crippen LogP contribution in [0.5, 0.6) is 0 Å². The van der Waals surface area contributed by atoms with Crippen LogP contribution in [0.2, 0.25) is 0 Å². The second kappa shape index (κ2) is 6.16. The molecule has 0 amide bonds. The van der Waals surface area contributed by atoms with Gasteiger partial charge in [-0.05, 0) is 51.0 Å². The summed E-state index contributed by atoms with van der Waals surface area (Å²) in [7, 11) is 1.67.